The van der Waals surface area contributed by atoms with Crippen LogP contribution in [0, 0.1) is 0 Å². The third kappa shape index (κ3) is 3.73. The Hall–Kier alpha value is -4.77. The molecule has 1 aliphatic carbocycles. The van der Waals surface area contributed by atoms with Crippen molar-refractivity contribution in [2.45, 2.75) is 5.92 Å². The minimum absolute atomic E-state index is 0.0730. The van der Waals surface area contributed by atoms with Crippen LogP contribution in [0.1, 0.15) is 38.5 Å². The summed E-state index contributed by atoms with van der Waals surface area (Å²) in [5.74, 6) is -1.16. The Bertz CT molecular complexity index is 1500. The maximum atomic E-state index is 13.3. The number of hydrogen-bond donors (Lipinski definition) is 0. The summed E-state index contributed by atoms with van der Waals surface area (Å²) in [4.78, 5) is 37.9. The molecule has 0 atom stereocenters. The van der Waals surface area contributed by atoms with Gasteiger partial charge in [-0.15, -0.1) is 0 Å². The predicted molar refractivity (Wildman–Crippen MR) is 133 cm³/mol. The van der Waals surface area contributed by atoms with Crippen LogP contribution in [0.5, 0.6) is 11.5 Å². The third-order valence-electron chi connectivity index (χ3n) is 6.08. The van der Waals surface area contributed by atoms with E-state index in [2.05, 4.69) is 13.2 Å². The van der Waals surface area contributed by atoms with Crippen LogP contribution in [0.25, 0.3) is 10.8 Å². The van der Waals surface area contributed by atoms with Gasteiger partial charge < -0.3 is 9.47 Å². The summed E-state index contributed by atoms with van der Waals surface area (Å²) in [5, 5.41) is 1.17. The van der Waals surface area contributed by atoms with Crippen LogP contribution in [-0.4, -0.2) is 17.7 Å². The lowest BCUT2D eigenvalue weighted by molar-refractivity contribution is -0.130. The average molecular weight is 460 g/mol. The molecular weight excluding hydrogens is 440 g/mol. The number of fused-ring (bicyclic) bond motifs is 3. The molecule has 4 aromatic rings. The second kappa shape index (κ2) is 8.88. The zero-order valence-electron chi connectivity index (χ0n) is 18.7. The van der Waals surface area contributed by atoms with Gasteiger partial charge >= 0.3 is 11.9 Å². The van der Waals surface area contributed by atoms with Gasteiger partial charge in [0.05, 0.1) is 0 Å². The molecule has 5 nitrogen and oxygen atoms in total. The zero-order valence-corrected chi connectivity index (χ0v) is 18.7. The van der Waals surface area contributed by atoms with Crippen molar-refractivity contribution in [3.8, 4) is 11.5 Å². The first kappa shape index (κ1) is 22.0. The standard InChI is InChI=1S/C30H20O5/c1-3-26(31)34-25-17-24(30(35-27(32)4-2)23-16-10-5-11-18(23)25)28-19-12-6-8-14-21(19)29(33)22-15-9-7-13-20(22)28/h3-17,28H,1-2H2. The maximum absolute atomic E-state index is 13.3. The number of ether oxygens (including phenoxy) is 2. The molecule has 4 aromatic carbocycles. The van der Waals surface area contributed by atoms with Crippen molar-refractivity contribution in [3.05, 3.63) is 132 Å². The number of ketones is 1. The predicted octanol–water partition coefficient (Wildman–Crippen LogP) is 5.75. The van der Waals surface area contributed by atoms with Crippen LogP contribution in [-0.2, 0) is 9.59 Å². The SMILES string of the molecule is C=CC(=O)Oc1cc(C2c3ccccc3C(=O)c3ccccc32)c(OC(=O)C=C)c2ccccc12. The molecule has 5 rings (SSSR count). The van der Waals surface area contributed by atoms with E-state index >= 15 is 0 Å². The van der Waals surface area contributed by atoms with Gasteiger partial charge in [-0.3, -0.25) is 4.79 Å². The Balaban J connectivity index is 1.88. The quantitative estimate of drug-likeness (QED) is 0.190. The van der Waals surface area contributed by atoms with Gasteiger partial charge in [0.15, 0.2) is 5.78 Å². The van der Waals surface area contributed by atoms with Crippen molar-refractivity contribution in [2.75, 3.05) is 0 Å². The van der Waals surface area contributed by atoms with Crippen molar-refractivity contribution in [2.24, 2.45) is 0 Å². The molecule has 35 heavy (non-hydrogen) atoms. The number of benzene rings is 4. The second-order valence-electron chi connectivity index (χ2n) is 8.03. The Morgan fingerprint density at radius 2 is 1.20 bits per heavy atom. The minimum atomic E-state index is -0.624. The van der Waals surface area contributed by atoms with Crippen LogP contribution in [0.2, 0.25) is 0 Å². The molecule has 1 aliphatic rings. The summed E-state index contributed by atoms with van der Waals surface area (Å²) in [6, 6.07) is 23.6. The molecule has 0 bridgehead atoms. The van der Waals surface area contributed by atoms with Crippen LogP contribution in [0.15, 0.2) is 104 Å². The van der Waals surface area contributed by atoms with E-state index in [1.54, 1.807) is 36.4 Å². The summed E-state index contributed by atoms with van der Waals surface area (Å²) < 4.78 is 11.4. The Morgan fingerprint density at radius 1 is 0.686 bits per heavy atom. The molecule has 0 saturated carbocycles. The van der Waals surface area contributed by atoms with Gasteiger partial charge in [0.25, 0.3) is 0 Å². The second-order valence-corrected chi connectivity index (χ2v) is 8.03. The molecule has 0 heterocycles. The minimum Gasteiger partial charge on any atom is -0.423 e. The van der Waals surface area contributed by atoms with Gasteiger partial charge in [-0.1, -0.05) is 86.0 Å². The Labute approximate surface area is 201 Å². The molecule has 5 heteroatoms. The Kier molecular flexibility index (Phi) is 5.59. The summed E-state index contributed by atoms with van der Waals surface area (Å²) in [6.45, 7) is 7.02. The van der Waals surface area contributed by atoms with Crippen LogP contribution < -0.4 is 9.47 Å². The van der Waals surface area contributed by atoms with Crippen molar-refractivity contribution in [3.63, 3.8) is 0 Å². The number of rotatable bonds is 5. The monoisotopic (exact) mass is 460 g/mol. The first-order valence-corrected chi connectivity index (χ1v) is 11.0. The normalized spacial score (nSPS) is 12.4. The first-order valence-electron chi connectivity index (χ1n) is 11.0. The summed E-state index contributed by atoms with van der Waals surface area (Å²) in [6.07, 6.45) is 2.18. The van der Waals surface area contributed by atoms with Crippen molar-refractivity contribution in [1.82, 2.24) is 0 Å². The average Bonchev–Trinajstić information content (AvgIpc) is 2.90. The third-order valence-corrected chi connectivity index (χ3v) is 6.08. The Morgan fingerprint density at radius 3 is 1.80 bits per heavy atom. The lowest BCUT2D eigenvalue weighted by Crippen LogP contribution is -2.21. The smallest absolute Gasteiger partial charge is 0.335 e. The van der Waals surface area contributed by atoms with E-state index in [0.29, 0.717) is 39.0 Å². The fraction of sp³-hybridized carbons (Fsp3) is 0.0333. The molecule has 0 amide bonds. The molecule has 0 aromatic heterocycles. The number of hydrogen-bond acceptors (Lipinski definition) is 5. The van der Waals surface area contributed by atoms with Crippen LogP contribution >= 0.6 is 0 Å². The largest absolute Gasteiger partial charge is 0.423 e. The number of carbonyl (C=O) groups is 3. The molecular formula is C30H20O5. The van der Waals surface area contributed by atoms with Gasteiger partial charge in [0, 0.05) is 45.5 Å². The van der Waals surface area contributed by atoms with Gasteiger partial charge in [0.2, 0.25) is 0 Å². The summed E-state index contributed by atoms with van der Waals surface area (Å²) in [5.41, 5.74) is 3.25. The highest BCUT2D eigenvalue weighted by Gasteiger charge is 2.34. The van der Waals surface area contributed by atoms with Gasteiger partial charge in [0.1, 0.15) is 11.5 Å². The molecule has 0 spiro atoms. The van der Waals surface area contributed by atoms with E-state index in [1.165, 1.54) is 0 Å². The highest BCUT2D eigenvalue weighted by Crippen LogP contribution is 2.48. The molecule has 0 fully saturated rings. The lowest BCUT2D eigenvalue weighted by atomic mass is 9.73. The van der Waals surface area contributed by atoms with E-state index < -0.39 is 17.9 Å². The topological polar surface area (TPSA) is 69.7 Å². The van der Waals surface area contributed by atoms with Crippen molar-refractivity contribution >= 4 is 28.5 Å². The lowest BCUT2D eigenvalue weighted by Gasteiger charge is -2.29. The molecule has 170 valence electrons. The van der Waals surface area contributed by atoms with Crippen molar-refractivity contribution < 1.29 is 23.9 Å². The molecule has 0 unspecified atom stereocenters. The van der Waals surface area contributed by atoms with Crippen molar-refractivity contribution in [1.29, 1.82) is 0 Å². The fourth-order valence-corrected chi connectivity index (χ4v) is 4.60. The van der Waals surface area contributed by atoms with Crippen LogP contribution in [0.4, 0.5) is 0 Å². The van der Waals surface area contributed by atoms with E-state index in [1.807, 2.05) is 42.5 Å². The van der Waals surface area contributed by atoms with Gasteiger partial charge in [-0.25, -0.2) is 9.59 Å². The maximum Gasteiger partial charge on any atom is 0.335 e. The van der Waals surface area contributed by atoms with E-state index in [4.69, 9.17) is 9.47 Å². The van der Waals surface area contributed by atoms with Gasteiger partial charge in [-0.05, 0) is 17.2 Å². The molecule has 0 radical (unpaired) electrons. The zero-order chi connectivity index (χ0) is 24.5. The summed E-state index contributed by atoms with van der Waals surface area (Å²) in [7, 11) is 0. The highest BCUT2D eigenvalue weighted by molar-refractivity contribution is 6.13. The number of carbonyl (C=O) groups excluding carboxylic acids is 3. The van der Waals surface area contributed by atoms with Crippen LogP contribution in [0.3, 0.4) is 0 Å². The molecule has 0 aliphatic heterocycles. The highest BCUT2D eigenvalue weighted by atomic mass is 16.5. The number of esters is 2. The van der Waals surface area contributed by atoms with Gasteiger partial charge in [-0.2, -0.15) is 0 Å². The molecule has 0 saturated heterocycles. The van der Waals surface area contributed by atoms with E-state index in [0.717, 1.165) is 23.3 Å². The van der Waals surface area contributed by atoms with E-state index in [-0.39, 0.29) is 5.78 Å². The first-order chi connectivity index (χ1) is 17.0. The molecule has 0 N–H and O–H groups in total. The van der Waals surface area contributed by atoms with E-state index in [9.17, 15) is 14.4 Å². The fourth-order valence-electron chi connectivity index (χ4n) is 4.60. The summed E-state index contributed by atoms with van der Waals surface area (Å²) >= 11 is 0.